The van der Waals surface area contributed by atoms with E-state index in [0.29, 0.717) is 5.54 Å². The molecule has 3 rings (SSSR count). The topological polar surface area (TPSA) is 3.24 Å². The van der Waals surface area contributed by atoms with E-state index in [1.165, 1.54) is 58.0 Å². The molecule has 1 aromatic carbocycles. The molecule has 1 saturated heterocycles. The molecule has 1 nitrogen and oxygen atoms in total. The van der Waals surface area contributed by atoms with E-state index in [0.717, 1.165) is 5.92 Å². The minimum absolute atomic E-state index is 0. The van der Waals surface area contributed by atoms with Crippen molar-refractivity contribution in [2.45, 2.75) is 57.4 Å². The van der Waals surface area contributed by atoms with Gasteiger partial charge in [-0.15, -0.1) is 12.4 Å². The third-order valence-corrected chi connectivity index (χ3v) is 5.25. The number of halogens is 1. The van der Waals surface area contributed by atoms with Crippen LogP contribution in [0.25, 0.3) is 0 Å². The maximum absolute atomic E-state index is 2.83. The van der Waals surface area contributed by atoms with E-state index in [4.69, 9.17) is 0 Å². The van der Waals surface area contributed by atoms with Crippen LogP contribution in [0.5, 0.6) is 0 Å². The fourth-order valence-electron chi connectivity index (χ4n) is 4.25. The average Bonchev–Trinajstić information content (AvgIpc) is 2.49. The van der Waals surface area contributed by atoms with Crippen molar-refractivity contribution in [3.63, 3.8) is 0 Å². The van der Waals surface area contributed by atoms with E-state index in [-0.39, 0.29) is 12.4 Å². The molecule has 112 valence electrons. The van der Waals surface area contributed by atoms with Crippen LogP contribution in [-0.2, 0) is 5.54 Å². The van der Waals surface area contributed by atoms with Crippen molar-refractivity contribution in [2.24, 2.45) is 5.92 Å². The van der Waals surface area contributed by atoms with Gasteiger partial charge in [0.15, 0.2) is 0 Å². The normalized spacial score (nSPS) is 26.8. The van der Waals surface area contributed by atoms with Crippen molar-refractivity contribution in [1.82, 2.24) is 4.90 Å². The molecule has 0 bridgehead atoms. The predicted octanol–water partition coefficient (Wildman–Crippen LogP) is 5.00. The van der Waals surface area contributed by atoms with Gasteiger partial charge in [0.1, 0.15) is 0 Å². The standard InChI is InChI=1S/C18H27N.ClH/c1-16-9-8-14-19(15-16)18(12-6-3-7-13-18)17-10-4-2-5-11-17;/h2,4-5,10-11,16H,3,6-9,12-15H2,1H3;1H. The second-order valence-corrected chi connectivity index (χ2v) is 6.65. The molecule has 1 aliphatic heterocycles. The summed E-state index contributed by atoms with van der Waals surface area (Å²) in [5, 5.41) is 0. The highest BCUT2D eigenvalue weighted by molar-refractivity contribution is 5.85. The van der Waals surface area contributed by atoms with E-state index >= 15 is 0 Å². The summed E-state index contributed by atoms with van der Waals surface area (Å²) < 4.78 is 0. The van der Waals surface area contributed by atoms with Crippen LogP contribution < -0.4 is 0 Å². The number of benzene rings is 1. The van der Waals surface area contributed by atoms with Crippen LogP contribution in [0, 0.1) is 5.92 Å². The van der Waals surface area contributed by atoms with E-state index < -0.39 is 0 Å². The zero-order chi connectivity index (χ0) is 13.1. The Morgan fingerprint density at radius 3 is 2.35 bits per heavy atom. The van der Waals surface area contributed by atoms with Crippen LogP contribution in [0.3, 0.4) is 0 Å². The van der Waals surface area contributed by atoms with Crippen molar-refractivity contribution < 1.29 is 0 Å². The Kier molecular flexibility index (Phi) is 5.51. The molecule has 1 aliphatic carbocycles. The van der Waals surface area contributed by atoms with Gasteiger partial charge < -0.3 is 0 Å². The van der Waals surface area contributed by atoms with Crippen molar-refractivity contribution >= 4 is 12.4 Å². The fourth-order valence-corrected chi connectivity index (χ4v) is 4.25. The molecule has 2 fully saturated rings. The van der Waals surface area contributed by atoms with Crippen molar-refractivity contribution in [3.05, 3.63) is 35.9 Å². The Balaban J connectivity index is 0.00000147. The van der Waals surface area contributed by atoms with E-state index in [9.17, 15) is 0 Å². The smallest absolute Gasteiger partial charge is 0.0460 e. The second kappa shape index (κ2) is 6.95. The molecular formula is C18H28ClN. The Morgan fingerprint density at radius 2 is 1.70 bits per heavy atom. The van der Waals surface area contributed by atoms with Gasteiger partial charge in [0, 0.05) is 12.1 Å². The number of piperidine rings is 1. The van der Waals surface area contributed by atoms with Crippen LogP contribution in [0.2, 0.25) is 0 Å². The first kappa shape index (κ1) is 15.9. The first-order chi connectivity index (χ1) is 9.31. The van der Waals surface area contributed by atoms with Gasteiger partial charge >= 0.3 is 0 Å². The van der Waals surface area contributed by atoms with Crippen molar-refractivity contribution in [2.75, 3.05) is 13.1 Å². The van der Waals surface area contributed by atoms with Crippen LogP contribution in [0.1, 0.15) is 57.4 Å². The first-order valence-corrected chi connectivity index (χ1v) is 8.12. The molecule has 20 heavy (non-hydrogen) atoms. The monoisotopic (exact) mass is 293 g/mol. The number of hydrogen-bond donors (Lipinski definition) is 0. The van der Waals surface area contributed by atoms with Gasteiger partial charge in [-0.1, -0.05) is 56.5 Å². The quantitative estimate of drug-likeness (QED) is 0.742. The van der Waals surface area contributed by atoms with E-state index in [1.807, 2.05) is 0 Å². The molecule has 2 aliphatic rings. The molecule has 0 radical (unpaired) electrons. The van der Waals surface area contributed by atoms with Crippen molar-refractivity contribution in [3.8, 4) is 0 Å². The van der Waals surface area contributed by atoms with Crippen LogP contribution >= 0.6 is 12.4 Å². The summed E-state index contributed by atoms with van der Waals surface area (Å²) >= 11 is 0. The summed E-state index contributed by atoms with van der Waals surface area (Å²) in [7, 11) is 0. The fraction of sp³-hybridized carbons (Fsp3) is 0.667. The van der Waals surface area contributed by atoms with Gasteiger partial charge in [-0.2, -0.15) is 0 Å². The summed E-state index contributed by atoms with van der Waals surface area (Å²) in [6, 6.07) is 11.3. The zero-order valence-corrected chi connectivity index (χ0v) is 13.5. The average molecular weight is 294 g/mol. The SMILES string of the molecule is CC1CCCN(C2(c3ccccc3)CCCCC2)C1.Cl. The molecule has 0 N–H and O–H groups in total. The lowest BCUT2D eigenvalue weighted by molar-refractivity contribution is 0.0139. The highest BCUT2D eigenvalue weighted by Crippen LogP contribution is 2.43. The first-order valence-electron chi connectivity index (χ1n) is 8.12. The third kappa shape index (κ3) is 3.04. The van der Waals surface area contributed by atoms with Crippen LogP contribution in [0.4, 0.5) is 0 Å². The zero-order valence-electron chi connectivity index (χ0n) is 12.7. The molecular weight excluding hydrogens is 266 g/mol. The lowest BCUT2D eigenvalue weighted by Crippen LogP contribution is -2.51. The highest BCUT2D eigenvalue weighted by Gasteiger charge is 2.40. The maximum atomic E-state index is 2.83. The lowest BCUT2D eigenvalue weighted by Gasteiger charge is -2.50. The van der Waals surface area contributed by atoms with Gasteiger partial charge in [-0.3, -0.25) is 4.90 Å². The molecule has 2 heteroatoms. The van der Waals surface area contributed by atoms with Crippen molar-refractivity contribution in [1.29, 1.82) is 0 Å². The number of rotatable bonds is 2. The van der Waals surface area contributed by atoms with Gasteiger partial charge in [-0.05, 0) is 43.7 Å². The Hall–Kier alpha value is -0.530. The summed E-state index contributed by atoms with van der Waals surface area (Å²) in [5.74, 6) is 0.872. The second-order valence-electron chi connectivity index (χ2n) is 6.65. The Bertz CT molecular complexity index is 397. The van der Waals surface area contributed by atoms with Gasteiger partial charge in [0.05, 0.1) is 0 Å². The highest BCUT2D eigenvalue weighted by atomic mass is 35.5. The molecule has 1 unspecified atom stereocenters. The van der Waals surface area contributed by atoms with E-state index in [2.05, 4.69) is 42.2 Å². The summed E-state index contributed by atoms with van der Waals surface area (Å²) in [5.41, 5.74) is 1.93. The number of hydrogen-bond acceptors (Lipinski definition) is 1. The summed E-state index contributed by atoms with van der Waals surface area (Å²) in [6.07, 6.45) is 9.77. The molecule has 1 saturated carbocycles. The molecule has 1 heterocycles. The minimum atomic E-state index is 0. The van der Waals surface area contributed by atoms with Gasteiger partial charge in [-0.25, -0.2) is 0 Å². The van der Waals surface area contributed by atoms with Crippen LogP contribution in [-0.4, -0.2) is 18.0 Å². The third-order valence-electron chi connectivity index (χ3n) is 5.25. The minimum Gasteiger partial charge on any atom is -0.293 e. The Morgan fingerprint density at radius 1 is 1.00 bits per heavy atom. The molecule has 1 aromatic rings. The molecule has 1 atom stereocenters. The molecule has 0 amide bonds. The van der Waals surface area contributed by atoms with Crippen LogP contribution in [0.15, 0.2) is 30.3 Å². The van der Waals surface area contributed by atoms with E-state index in [1.54, 1.807) is 5.56 Å². The van der Waals surface area contributed by atoms with Gasteiger partial charge in [0.25, 0.3) is 0 Å². The molecule has 0 aromatic heterocycles. The molecule has 0 spiro atoms. The maximum Gasteiger partial charge on any atom is 0.0460 e. The Labute approximate surface area is 130 Å². The number of likely N-dealkylation sites (tertiary alicyclic amines) is 1. The van der Waals surface area contributed by atoms with Gasteiger partial charge in [0.2, 0.25) is 0 Å². The number of nitrogens with zero attached hydrogens (tertiary/aromatic N) is 1. The lowest BCUT2D eigenvalue weighted by atomic mass is 9.74. The summed E-state index contributed by atoms with van der Waals surface area (Å²) in [6.45, 7) is 5.03. The summed E-state index contributed by atoms with van der Waals surface area (Å²) in [4.78, 5) is 2.83. The predicted molar refractivity (Wildman–Crippen MR) is 88.4 cm³/mol. The largest absolute Gasteiger partial charge is 0.293 e.